The summed E-state index contributed by atoms with van der Waals surface area (Å²) in [5.74, 6) is 1.67. The minimum absolute atomic E-state index is 0.0397. The third-order valence-corrected chi connectivity index (χ3v) is 4.73. The zero-order valence-corrected chi connectivity index (χ0v) is 15.3. The number of carbonyl (C=O) groups is 1. The third kappa shape index (κ3) is 4.28. The van der Waals surface area contributed by atoms with Crippen LogP contribution in [0.5, 0.6) is 11.5 Å². The van der Waals surface area contributed by atoms with Crippen molar-refractivity contribution in [3.8, 4) is 11.5 Å². The average molecular weight is 354 g/mol. The fraction of sp³-hybridized carbons (Fsp3) is 0.381. The van der Waals surface area contributed by atoms with Crippen molar-refractivity contribution in [2.75, 3.05) is 13.7 Å². The molecule has 2 N–H and O–H groups in total. The molecule has 1 heterocycles. The largest absolute Gasteiger partial charge is 0.497 e. The van der Waals surface area contributed by atoms with Crippen molar-refractivity contribution in [1.29, 1.82) is 0 Å². The molecule has 0 saturated carbocycles. The number of benzene rings is 2. The molecule has 2 aromatic rings. The molecule has 0 aliphatic carbocycles. The number of hydrogen-bond donors (Lipinski definition) is 2. The van der Waals surface area contributed by atoms with Crippen LogP contribution in [-0.2, 0) is 0 Å². The molecule has 3 rings (SSSR count). The van der Waals surface area contributed by atoms with Crippen molar-refractivity contribution in [1.82, 2.24) is 10.6 Å². The summed E-state index contributed by atoms with van der Waals surface area (Å²) in [6, 6.07) is 15.5. The van der Waals surface area contributed by atoms with Crippen LogP contribution in [0.3, 0.4) is 0 Å². The number of rotatable bonds is 5. The first-order valence-corrected chi connectivity index (χ1v) is 9.14. The third-order valence-electron chi connectivity index (χ3n) is 4.73. The standard InChI is InChI=1S/C21H26N2O3/c1-3-18(15-10-12-16(25-2)13-11-15)22-21(24)23-19-8-6-14-26-20-9-5-4-7-17(19)20/h4-5,7,9-13,18-19H,3,6,8,14H2,1-2H3,(H2,22,23,24). The van der Waals surface area contributed by atoms with Gasteiger partial charge in [-0.15, -0.1) is 0 Å². The summed E-state index contributed by atoms with van der Waals surface area (Å²) in [6.45, 7) is 2.74. The molecule has 5 nitrogen and oxygen atoms in total. The molecule has 0 aromatic heterocycles. The summed E-state index contributed by atoms with van der Waals surface area (Å²) in [6.07, 6.45) is 2.59. The Morgan fingerprint density at radius 1 is 1.23 bits per heavy atom. The van der Waals surface area contributed by atoms with Gasteiger partial charge in [0.2, 0.25) is 0 Å². The van der Waals surface area contributed by atoms with Crippen LogP contribution in [0.4, 0.5) is 4.79 Å². The maximum atomic E-state index is 12.6. The van der Waals surface area contributed by atoms with E-state index < -0.39 is 0 Å². The molecule has 1 aliphatic rings. The highest BCUT2D eigenvalue weighted by molar-refractivity contribution is 5.75. The van der Waals surface area contributed by atoms with Crippen LogP contribution < -0.4 is 20.1 Å². The Morgan fingerprint density at radius 2 is 2.00 bits per heavy atom. The molecule has 2 atom stereocenters. The molecule has 0 spiro atoms. The number of methoxy groups -OCH3 is 1. The Kier molecular flexibility index (Phi) is 6.00. The van der Waals surface area contributed by atoms with Crippen LogP contribution in [0.25, 0.3) is 0 Å². The number of fused-ring (bicyclic) bond motifs is 1. The van der Waals surface area contributed by atoms with Crippen LogP contribution in [0.1, 0.15) is 49.4 Å². The highest BCUT2D eigenvalue weighted by Crippen LogP contribution is 2.31. The summed E-state index contributed by atoms with van der Waals surface area (Å²) in [5, 5.41) is 6.20. The lowest BCUT2D eigenvalue weighted by atomic mass is 10.0. The van der Waals surface area contributed by atoms with E-state index >= 15 is 0 Å². The first-order valence-electron chi connectivity index (χ1n) is 9.14. The van der Waals surface area contributed by atoms with Gasteiger partial charge in [0.25, 0.3) is 0 Å². The topological polar surface area (TPSA) is 59.6 Å². The Labute approximate surface area is 154 Å². The second kappa shape index (κ2) is 8.61. The van der Waals surface area contributed by atoms with Crippen LogP contribution >= 0.6 is 0 Å². The SMILES string of the molecule is CCC(NC(=O)NC1CCCOc2ccccc21)c1ccc(OC)cc1. The van der Waals surface area contributed by atoms with E-state index in [1.165, 1.54) is 0 Å². The van der Waals surface area contributed by atoms with E-state index in [-0.39, 0.29) is 18.1 Å². The van der Waals surface area contributed by atoms with Crippen molar-refractivity contribution in [2.24, 2.45) is 0 Å². The lowest BCUT2D eigenvalue weighted by Crippen LogP contribution is -2.39. The average Bonchev–Trinajstić information content (AvgIpc) is 2.89. The van der Waals surface area contributed by atoms with Gasteiger partial charge in [-0.2, -0.15) is 0 Å². The van der Waals surface area contributed by atoms with Crippen LogP contribution in [0, 0.1) is 0 Å². The molecular formula is C21H26N2O3. The number of urea groups is 1. The quantitative estimate of drug-likeness (QED) is 0.839. The molecule has 2 aromatic carbocycles. The Balaban J connectivity index is 1.67. The normalized spacial score (nSPS) is 17.2. The second-order valence-corrected chi connectivity index (χ2v) is 6.43. The first kappa shape index (κ1) is 18.1. The van der Waals surface area contributed by atoms with Gasteiger partial charge in [0.1, 0.15) is 11.5 Å². The molecule has 1 aliphatic heterocycles. The molecule has 26 heavy (non-hydrogen) atoms. The van der Waals surface area contributed by atoms with Gasteiger partial charge in [-0.1, -0.05) is 37.3 Å². The molecule has 0 radical (unpaired) electrons. The maximum Gasteiger partial charge on any atom is 0.315 e. The van der Waals surface area contributed by atoms with Crippen LogP contribution in [0.2, 0.25) is 0 Å². The summed E-state index contributed by atoms with van der Waals surface area (Å²) in [5.41, 5.74) is 2.10. The highest BCUT2D eigenvalue weighted by Gasteiger charge is 2.22. The number of ether oxygens (including phenoxy) is 2. The molecule has 0 saturated heterocycles. The number of hydrogen-bond acceptors (Lipinski definition) is 3. The van der Waals surface area contributed by atoms with Gasteiger partial charge in [0, 0.05) is 5.56 Å². The number of nitrogens with one attached hydrogen (secondary N) is 2. The zero-order valence-electron chi connectivity index (χ0n) is 15.3. The van der Waals surface area contributed by atoms with Crippen molar-refractivity contribution < 1.29 is 14.3 Å². The van der Waals surface area contributed by atoms with Crippen LogP contribution in [0.15, 0.2) is 48.5 Å². The lowest BCUT2D eigenvalue weighted by molar-refractivity contribution is 0.232. The van der Waals surface area contributed by atoms with Crippen LogP contribution in [-0.4, -0.2) is 19.7 Å². The molecule has 2 amide bonds. The summed E-state index contributed by atoms with van der Waals surface area (Å²) in [4.78, 5) is 12.6. The van der Waals surface area contributed by atoms with E-state index in [4.69, 9.17) is 9.47 Å². The second-order valence-electron chi connectivity index (χ2n) is 6.43. The predicted molar refractivity (Wildman–Crippen MR) is 102 cm³/mol. The molecule has 2 unspecified atom stereocenters. The van der Waals surface area contributed by atoms with E-state index in [1.807, 2.05) is 48.5 Å². The van der Waals surface area contributed by atoms with Crippen molar-refractivity contribution in [3.05, 3.63) is 59.7 Å². The predicted octanol–water partition coefficient (Wildman–Crippen LogP) is 4.36. The Bertz CT molecular complexity index is 730. The van der Waals surface area contributed by atoms with Gasteiger partial charge >= 0.3 is 6.03 Å². The number of para-hydroxylation sites is 1. The fourth-order valence-corrected chi connectivity index (χ4v) is 3.29. The summed E-state index contributed by atoms with van der Waals surface area (Å²) < 4.78 is 11.0. The molecule has 0 bridgehead atoms. The Hall–Kier alpha value is -2.69. The van der Waals surface area contributed by atoms with Gasteiger partial charge in [-0.3, -0.25) is 0 Å². The molecule has 5 heteroatoms. The van der Waals surface area contributed by atoms with Gasteiger partial charge in [0.15, 0.2) is 0 Å². The summed E-state index contributed by atoms with van der Waals surface area (Å²) in [7, 11) is 1.65. The van der Waals surface area contributed by atoms with E-state index in [0.717, 1.165) is 41.9 Å². The van der Waals surface area contributed by atoms with Gasteiger partial charge in [-0.25, -0.2) is 4.79 Å². The fourth-order valence-electron chi connectivity index (χ4n) is 3.29. The van der Waals surface area contributed by atoms with E-state index in [0.29, 0.717) is 6.61 Å². The molecule has 0 fully saturated rings. The highest BCUT2D eigenvalue weighted by atomic mass is 16.5. The summed E-state index contributed by atoms with van der Waals surface area (Å²) >= 11 is 0. The number of carbonyl (C=O) groups excluding carboxylic acids is 1. The minimum atomic E-state index is -0.158. The molecule has 138 valence electrons. The van der Waals surface area contributed by atoms with Crippen molar-refractivity contribution in [3.63, 3.8) is 0 Å². The van der Waals surface area contributed by atoms with Crippen molar-refractivity contribution in [2.45, 2.75) is 38.3 Å². The van der Waals surface area contributed by atoms with E-state index in [9.17, 15) is 4.79 Å². The zero-order chi connectivity index (χ0) is 18.4. The minimum Gasteiger partial charge on any atom is -0.497 e. The van der Waals surface area contributed by atoms with Gasteiger partial charge < -0.3 is 20.1 Å². The first-order chi connectivity index (χ1) is 12.7. The van der Waals surface area contributed by atoms with E-state index in [1.54, 1.807) is 7.11 Å². The van der Waals surface area contributed by atoms with Crippen molar-refractivity contribution >= 4 is 6.03 Å². The lowest BCUT2D eigenvalue weighted by Gasteiger charge is -2.22. The Morgan fingerprint density at radius 3 is 2.73 bits per heavy atom. The van der Waals surface area contributed by atoms with Gasteiger partial charge in [-0.05, 0) is 43.0 Å². The molecular weight excluding hydrogens is 328 g/mol. The maximum absolute atomic E-state index is 12.6. The van der Waals surface area contributed by atoms with Gasteiger partial charge in [0.05, 0.1) is 25.8 Å². The smallest absolute Gasteiger partial charge is 0.315 e. The van der Waals surface area contributed by atoms with E-state index in [2.05, 4.69) is 17.6 Å². The monoisotopic (exact) mass is 354 g/mol. The number of amides is 2.